The van der Waals surface area contributed by atoms with E-state index in [4.69, 9.17) is 9.47 Å². The number of rotatable bonds is 5. The maximum absolute atomic E-state index is 11.7. The van der Waals surface area contributed by atoms with E-state index >= 15 is 0 Å². The number of carbonyl (C=O) groups excluding carboxylic acids is 1. The number of aryl methyl sites for hydroxylation is 1. The number of allylic oxidation sites excluding steroid dienone is 2. The van der Waals surface area contributed by atoms with Crippen molar-refractivity contribution in [2.45, 2.75) is 40.7 Å². The molecule has 0 spiro atoms. The number of carbonyl (C=O) groups is 1. The van der Waals surface area contributed by atoms with Gasteiger partial charge in [0, 0.05) is 11.4 Å². The predicted molar refractivity (Wildman–Crippen MR) is 81.5 cm³/mol. The van der Waals surface area contributed by atoms with Crippen LogP contribution in [-0.4, -0.2) is 35.4 Å². The smallest absolute Gasteiger partial charge is 0.358 e. The summed E-state index contributed by atoms with van der Waals surface area (Å²) in [5.41, 5.74) is 1.99. The fourth-order valence-corrected chi connectivity index (χ4v) is 1.84. The van der Waals surface area contributed by atoms with Gasteiger partial charge in [-0.3, -0.25) is 4.68 Å². The van der Waals surface area contributed by atoms with Crippen molar-refractivity contribution in [3.8, 4) is 0 Å². The van der Waals surface area contributed by atoms with Crippen LogP contribution >= 0.6 is 0 Å². The topological polar surface area (TPSA) is 65.7 Å². The van der Waals surface area contributed by atoms with E-state index in [0.717, 1.165) is 11.4 Å². The number of aliphatic imine (C=N–C) groups is 1. The van der Waals surface area contributed by atoms with E-state index in [9.17, 15) is 4.79 Å². The minimum Gasteiger partial charge on any atom is -0.483 e. The van der Waals surface area contributed by atoms with Crippen LogP contribution in [0.4, 0.5) is 0 Å². The molecule has 1 aromatic heterocycles. The molecule has 0 saturated carbocycles. The van der Waals surface area contributed by atoms with E-state index in [0.29, 0.717) is 18.2 Å². The predicted octanol–water partition coefficient (Wildman–Crippen LogP) is 2.90. The summed E-state index contributed by atoms with van der Waals surface area (Å²) in [6, 6.07) is 1.48. The van der Waals surface area contributed by atoms with Crippen molar-refractivity contribution in [1.82, 2.24) is 9.78 Å². The van der Waals surface area contributed by atoms with E-state index in [2.05, 4.69) is 10.1 Å². The van der Waals surface area contributed by atoms with Gasteiger partial charge in [-0.1, -0.05) is 6.08 Å². The van der Waals surface area contributed by atoms with Crippen LogP contribution in [-0.2, 0) is 9.47 Å². The van der Waals surface area contributed by atoms with Gasteiger partial charge in [-0.25, -0.2) is 9.79 Å². The van der Waals surface area contributed by atoms with E-state index in [-0.39, 0.29) is 6.04 Å². The molecule has 0 aliphatic heterocycles. The van der Waals surface area contributed by atoms with E-state index in [1.165, 1.54) is 0 Å². The average molecular weight is 293 g/mol. The molecule has 0 bridgehead atoms. The molecule has 0 saturated heterocycles. The highest BCUT2D eigenvalue weighted by atomic mass is 16.5. The Labute approximate surface area is 125 Å². The summed E-state index contributed by atoms with van der Waals surface area (Å²) in [6.07, 6.45) is 1.89. The Hall–Kier alpha value is -2.11. The summed E-state index contributed by atoms with van der Waals surface area (Å²) in [7, 11) is 1.57. The van der Waals surface area contributed by atoms with Crippen LogP contribution in [0.3, 0.4) is 0 Å². The Bertz CT molecular complexity index is 559. The first-order valence-corrected chi connectivity index (χ1v) is 6.93. The first kappa shape index (κ1) is 16.9. The quantitative estimate of drug-likeness (QED) is 0.475. The zero-order valence-electron chi connectivity index (χ0n) is 13.5. The number of methoxy groups -OCH3 is 1. The molecule has 1 heterocycles. The maximum atomic E-state index is 11.7. The molecule has 0 aliphatic rings. The van der Waals surface area contributed by atoms with Gasteiger partial charge in [0.15, 0.2) is 5.69 Å². The molecule has 1 unspecified atom stereocenters. The van der Waals surface area contributed by atoms with Crippen LogP contribution in [0, 0.1) is 6.92 Å². The summed E-state index contributed by atoms with van der Waals surface area (Å²) in [4.78, 5) is 16.1. The first-order chi connectivity index (χ1) is 9.94. The molecule has 1 atom stereocenters. The molecule has 0 radical (unpaired) electrons. The van der Waals surface area contributed by atoms with Gasteiger partial charge >= 0.3 is 5.97 Å². The molecule has 116 valence electrons. The molecule has 21 heavy (non-hydrogen) atoms. The standard InChI is InChI=1S/C15H23N3O3/c1-7-10(3)16-14(20-6)12(5)18-11(4)9-13(17-18)15(19)21-8-2/h7,9,12H,8H2,1-6H3. The van der Waals surface area contributed by atoms with Gasteiger partial charge in [-0.05, 0) is 40.7 Å². The highest BCUT2D eigenvalue weighted by molar-refractivity contribution is 5.87. The molecule has 0 aliphatic carbocycles. The van der Waals surface area contributed by atoms with E-state index < -0.39 is 5.97 Å². The van der Waals surface area contributed by atoms with Gasteiger partial charge in [0.25, 0.3) is 0 Å². The highest BCUT2D eigenvalue weighted by Gasteiger charge is 2.20. The fraction of sp³-hybridized carbons (Fsp3) is 0.533. The molecule has 1 aromatic rings. The lowest BCUT2D eigenvalue weighted by molar-refractivity contribution is 0.0518. The SMILES string of the molecule is CC=C(C)N=C(OC)C(C)n1nc(C(=O)OCC)cc1C. The second kappa shape index (κ2) is 7.61. The number of ether oxygens (including phenoxy) is 2. The first-order valence-electron chi connectivity index (χ1n) is 6.93. The van der Waals surface area contributed by atoms with Crippen LogP contribution in [0.5, 0.6) is 0 Å². The second-order valence-corrected chi connectivity index (χ2v) is 4.60. The third-order valence-electron chi connectivity index (χ3n) is 3.04. The zero-order chi connectivity index (χ0) is 16.0. The molecule has 0 N–H and O–H groups in total. The Balaban J connectivity index is 3.09. The summed E-state index contributed by atoms with van der Waals surface area (Å²) in [5.74, 6) is 0.110. The lowest BCUT2D eigenvalue weighted by Crippen LogP contribution is -2.21. The minimum atomic E-state index is -0.424. The summed E-state index contributed by atoms with van der Waals surface area (Å²) < 4.78 is 12.0. The number of hydrogen-bond acceptors (Lipinski definition) is 5. The third-order valence-corrected chi connectivity index (χ3v) is 3.04. The Kier molecular flexibility index (Phi) is 6.14. The Morgan fingerprint density at radius 1 is 1.57 bits per heavy atom. The normalized spacial score (nSPS) is 14.0. The second-order valence-electron chi connectivity index (χ2n) is 4.60. The number of nitrogens with zero attached hydrogens (tertiary/aromatic N) is 3. The number of hydrogen-bond donors (Lipinski definition) is 0. The summed E-state index contributed by atoms with van der Waals surface area (Å²) in [6.45, 7) is 9.69. The van der Waals surface area contributed by atoms with Gasteiger partial charge < -0.3 is 9.47 Å². The molecular formula is C15H23N3O3. The van der Waals surface area contributed by atoms with Gasteiger partial charge in [0.1, 0.15) is 6.04 Å². The summed E-state index contributed by atoms with van der Waals surface area (Å²) in [5, 5.41) is 4.29. The molecular weight excluding hydrogens is 270 g/mol. The lowest BCUT2D eigenvalue weighted by atomic mass is 10.3. The van der Waals surface area contributed by atoms with Crippen molar-refractivity contribution in [2.75, 3.05) is 13.7 Å². The van der Waals surface area contributed by atoms with Crippen molar-refractivity contribution < 1.29 is 14.3 Å². The van der Waals surface area contributed by atoms with Crippen molar-refractivity contribution in [3.05, 3.63) is 29.2 Å². The molecule has 6 heteroatoms. The number of esters is 1. The van der Waals surface area contributed by atoms with Crippen molar-refractivity contribution >= 4 is 11.9 Å². The van der Waals surface area contributed by atoms with Crippen molar-refractivity contribution in [2.24, 2.45) is 4.99 Å². The Morgan fingerprint density at radius 2 is 2.24 bits per heavy atom. The molecule has 0 amide bonds. The Morgan fingerprint density at radius 3 is 2.76 bits per heavy atom. The number of aromatic nitrogens is 2. The van der Waals surface area contributed by atoms with Crippen LogP contribution in [0.2, 0.25) is 0 Å². The van der Waals surface area contributed by atoms with E-state index in [1.807, 2.05) is 33.8 Å². The largest absolute Gasteiger partial charge is 0.483 e. The molecule has 0 aromatic carbocycles. The van der Waals surface area contributed by atoms with Gasteiger partial charge in [-0.2, -0.15) is 5.10 Å². The lowest BCUT2D eigenvalue weighted by Gasteiger charge is -2.16. The van der Waals surface area contributed by atoms with Gasteiger partial charge in [-0.15, -0.1) is 0 Å². The maximum Gasteiger partial charge on any atom is 0.358 e. The summed E-state index contributed by atoms with van der Waals surface area (Å²) >= 11 is 0. The molecule has 6 nitrogen and oxygen atoms in total. The van der Waals surface area contributed by atoms with Crippen molar-refractivity contribution in [3.63, 3.8) is 0 Å². The molecule has 0 fully saturated rings. The average Bonchev–Trinajstić information content (AvgIpc) is 2.86. The fourth-order valence-electron chi connectivity index (χ4n) is 1.84. The minimum absolute atomic E-state index is 0.215. The van der Waals surface area contributed by atoms with Crippen LogP contribution in [0.15, 0.2) is 22.8 Å². The monoisotopic (exact) mass is 293 g/mol. The van der Waals surface area contributed by atoms with Gasteiger partial charge in [0.2, 0.25) is 5.90 Å². The highest BCUT2D eigenvalue weighted by Crippen LogP contribution is 2.15. The van der Waals surface area contributed by atoms with E-state index in [1.54, 1.807) is 24.8 Å². The van der Waals surface area contributed by atoms with Gasteiger partial charge in [0.05, 0.1) is 13.7 Å². The van der Waals surface area contributed by atoms with Crippen LogP contribution < -0.4 is 0 Å². The van der Waals surface area contributed by atoms with Crippen molar-refractivity contribution in [1.29, 1.82) is 0 Å². The van der Waals surface area contributed by atoms with Crippen LogP contribution in [0.25, 0.3) is 0 Å². The van der Waals surface area contributed by atoms with Crippen LogP contribution in [0.1, 0.15) is 49.9 Å². The third kappa shape index (κ3) is 4.18. The molecule has 1 rings (SSSR count). The zero-order valence-corrected chi connectivity index (χ0v) is 13.5.